The van der Waals surface area contributed by atoms with Gasteiger partial charge in [0.05, 0.1) is 0 Å². The fourth-order valence-electron chi connectivity index (χ4n) is 3.09. The van der Waals surface area contributed by atoms with Crippen LogP contribution in [0.25, 0.3) is 0 Å². The molecule has 0 bridgehead atoms. The van der Waals surface area contributed by atoms with Crippen LogP contribution >= 0.6 is 24.0 Å². The summed E-state index contributed by atoms with van der Waals surface area (Å²) in [7, 11) is 1.77. The number of aromatic nitrogens is 1. The molecule has 2 N–H and O–H groups in total. The van der Waals surface area contributed by atoms with Crippen LogP contribution in [0.2, 0.25) is 0 Å². The van der Waals surface area contributed by atoms with Crippen molar-refractivity contribution >= 4 is 29.9 Å². The zero-order valence-corrected chi connectivity index (χ0v) is 21.2. The number of hydrogen-bond donors (Lipinski definition) is 2. The number of nitrogens with one attached hydrogen (secondary N) is 2. The maximum absolute atomic E-state index is 13.0. The highest BCUT2D eigenvalue weighted by Crippen LogP contribution is 2.20. The monoisotopic (exact) mass is 543 g/mol. The molecule has 8 heteroatoms. The van der Waals surface area contributed by atoms with Crippen molar-refractivity contribution in [3.63, 3.8) is 0 Å². The Bertz CT molecular complexity index is 784. The highest BCUT2D eigenvalue weighted by molar-refractivity contribution is 14.0. The molecule has 0 spiro atoms. The second-order valence-electron chi connectivity index (χ2n) is 7.20. The van der Waals surface area contributed by atoms with Gasteiger partial charge in [0.2, 0.25) is 5.88 Å². The lowest BCUT2D eigenvalue weighted by Gasteiger charge is -2.21. The van der Waals surface area contributed by atoms with Gasteiger partial charge in [0.25, 0.3) is 0 Å². The molecule has 1 aromatic carbocycles. The van der Waals surface area contributed by atoms with Crippen LogP contribution in [-0.2, 0) is 6.54 Å². The first kappa shape index (κ1) is 27.1. The maximum Gasteiger partial charge on any atom is 0.219 e. The van der Waals surface area contributed by atoms with Gasteiger partial charge < -0.3 is 20.3 Å². The Kier molecular flexibility index (Phi) is 13.1. The third kappa shape index (κ3) is 10.3. The van der Waals surface area contributed by atoms with E-state index in [0.29, 0.717) is 24.2 Å². The Morgan fingerprint density at radius 1 is 1.19 bits per heavy atom. The van der Waals surface area contributed by atoms with Crippen LogP contribution in [-0.4, -0.2) is 48.6 Å². The van der Waals surface area contributed by atoms with Crippen molar-refractivity contribution in [2.75, 3.05) is 26.7 Å². The molecule has 2 rings (SSSR count). The summed E-state index contributed by atoms with van der Waals surface area (Å²) < 4.78 is 18.7. The van der Waals surface area contributed by atoms with Crippen molar-refractivity contribution in [2.45, 2.75) is 46.2 Å². The minimum Gasteiger partial charge on any atom is -0.439 e. The first-order valence-corrected chi connectivity index (χ1v) is 10.6. The molecule has 0 aliphatic heterocycles. The molecular formula is C23H35FIN5O. The minimum absolute atomic E-state index is 0. The summed E-state index contributed by atoms with van der Waals surface area (Å²) in [6.45, 7) is 10.5. The lowest BCUT2D eigenvalue weighted by Crippen LogP contribution is -2.42. The molecule has 1 atom stereocenters. The first-order chi connectivity index (χ1) is 14.5. The van der Waals surface area contributed by atoms with E-state index in [1.165, 1.54) is 12.1 Å². The maximum atomic E-state index is 13.0. The van der Waals surface area contributed by atoms with Gasteiger partial charge in [0, 0.05) is 31.9 Å². The number of hydrogen-bond acceptors (Lipinski definition) is 4. The van der Waals surface area contributed by atoms with Crippen LogP contribution < -0.4 is 15.4 Å². The van der Waals surface area contributed by atoms with Gasteiger partial charge in [0.15, 0.2) is 5.96 Å². The second-order valence-corrected chi connectivity index (χ2v) is 7.20. The molecule has 1 heterocycles. The summed E-state index contributed by atoms with van der Waals surface area (Å²) in [6, 6.07) is 9.99. The predicted molar refractivity (Wildman–Crippen MR) is 136 cm³/mol. The Morgan fingerprint density at radius 3 is 2.55 bits per heavy atom. The average Bonchev–Trinajstić information content (AvgIpc) is 2.76. The average molecular weight is 543 g/mol. The highest BCUT2D eigenvalue weighted by atomic mass is 127. The molecular weight excluding hydrogens is 508 g/mol. The molecule has 0 fully saturated rings. The van der Waals surface area contributed by atoms with Gasteiger partial charge in [-0.2, -0.15) is 0 Å². The number of ether oxygens (including phenoxy) is 1. The number of aliphatic imine (C=N–C) groups is 1. The van der Waals surface area contributed by atoms with E-state index in [4.69, 9.17) is 4.74 Å². The van der Waals surface area contributed by atoms with Gasteiger partial charge in [-0.25, -0.2) is 9.37 Å². The summed E-state index contributed by atoms with van der Waals surface area (Å²) in [5.74, 6) is 1.48. The third-order valence-corrected chi connectivity index (χ3v) is 4.91. The molecule has 0 saturated carbocycles. The lowest BCUT2D eigenvalue weighted by molar-refractivity contribution is 0.292. The van der Waals surface area contributed by atoms with E-state index in [1.807, 2.05) is 12.1 Å². The quantitative estimate of drug-likeness (QED) is 0.242. The number of pyridine rings is 1. The molecule has 1 aromatic heterocycles. The zero-order valence-electron chi connectivity index (χ0n) is 18.9. The van der Waals surface area contributed by atoms with E-state index in [0.717, 1.165) is 44.0 Å². The van der Waals surface area contributed by atoms with Crippen molar-refractivity contribution in [1.29, 1.82) is 0 Å². The molecule has 1 unspecified atom stereocenters. The normalized spacial score (nSPS) is 12.3. The Balaban J connectivity index is 0.00000480. The topological polar surface area (TPSA) is 61.8 Å². The van der Waals surface area contributed by atoms with Crippen LogP contribution in [0.1, 0.15) is 39.2 Å². The largest absolute Gasteiger partial charge is 0.439 e. The molecule has 0 radical (unpaired) electrons. The van der Waals surface area contributed by atoms with E-state index >= 15 is 0 Å². The lowest BCUT2D eigenvalue weighted by atomic mass is 10.2. The molecule has 0 aliphatic rings. The standard InChI is InChI=1S/C23H34FN5O.HI/c1-5-29(6-2)15-7-8-18(3)28-23(25-4)27-17-19-13-14-26-22(16-19)30-21-11-9-20(24)10-12-21;/h9-14,16,18H,5-8,15,17H2,1-4H3,(H2,25,27,28);1H. The van der Waals surface area contributed by atoms with Gasteiger partial charge in [-0.1, -0.05) is 13.8 Å². The van der Waals surface area contributed by atoms with E-state index in [1.54, 1.807) is 25.4 Å². The Labute approximate surface area is 202 Å². The highest BCUT2D eigenvalue weighted by Gasteiger charge is 2.07. The molecule has 31 heavy (non-hydrogen) atoms. The molecule has 172 valence electrons. The van der Waals surface area contributed by atoms with Gasteiger partial charge in [-0.05, 0) is 75.3 Å². The fraction of sp³-hybridized carbons (Fsp3) is 0.478. The van der Waals surface area contributed by atoms with Crippen LogP contribution in [0.5, 0.6) is 11.6 Å². The van der Waals surface area contributed by atoms with Gasteiger partial charge in [-0.15, -0.1) is 24.0 Å². The van der Waals surface area contributed by atoms with Crippen molar-refractivity contribution in [3.05, 3.63) is 54.0 Å². The SMILES string of the molecule is CCN(CC)CCCC(C)NC(=NC)NCc1ccnc(Oc2ccc(F)cc2)c1.I. The minimum atomic E-state index is -0.297. The van der Waals surface area contributed by atoms with Crippen LogP contribution in [0.4, 0.5) is 4.39 Å². The van der Waals surface area contributed by atoms with Crippen molar-refractivity contribution in [1.82, 2.24) is 20.5 Å². The summed E-state index contributed by atoms with van der Waals surface area (Å²) in [5.41, 5.74) is 1.01. The first-order valence-electron chi connectivity index (χ1n) is 10.6. The second kappa shape index (κ2) is 15.0. The van der Waals surface area contributed by atoms with Gasteiger partial charge in [0.1, 0.15) is 11.6 Å². The van der Waals surface area contributed by atoms with Crippen LogP contribution in [0, 0.1) is 5.82 Å². The van der Waals surface area contributed by atoms with Gasteiger partial charge >= 0.3 is 0 Å². The summed E-state index contributed by atoms with van der Waals surface area (Å²) >= 11 is 0. The molecule has 0 aliphatic carbocycles. The molecule has 0 saturated heterocycles. The molecule has 2 aromatic rings. The molecule has 0 amide bonds. The number of benzene rings is 1. The van der Waals surface area contributed by atoms with E-state index < -0.39 is 0 Å². The van der Waals surface area contributed by atoms with Crippen molar-refractivity contribution in [3.8, 4) is 11.6 Å². The van der Waals surface area contributed by atoms with E-state index in [2.05, 4.69) is 46.3 Å². The van der Waals surface area contributed by atoms with Crippen molar-refractivity contribution in [2.24, 2.45) is 4.99 Å². The Morgan fingerprint density at radius 2 is 1.90 bits per heavy atom. The molecule has 6 nitrogen and oxygen atoms in total. The summed E-state index contributed by atoms with van der Waals surface area (Å²) in [5, 5.41) is 6.78. The number of guanidine groups is 1. The van der Waals surface area contributed by atoms with Crippen LogP contribution in [0.15, 0.2) is 47.6 Å². The number of halogens is 2. The predicted octanol–water partition coefficient (Wildman–Crippen LogP) is 4.81. The fourth-order valence-corrected chi connectivity index (χ4v) is 3.09. The Hall–Kier alpha value is -1.94. The summed E-state index contributed by atoms with van der Waals surface area (Å²) in [4.78, 5) is 11.0. The smallest absolute Gasteiger partial charge is 0.219 e. The van der Waals surface area contributed by atoms with Gasteiger partial charge in [-0.3, -0.25) is 4.99 Å². The number of rotatable bonds is 11. The van der Waals surface area contributed by atoms with E-state index in [-0.39, 0.29) is 29.8 Å². The van der Waals surface area contributed by atoms with Crippen LogP contribution in [0.3, 0.4) is 0 Å². The zero-order chi connectivity index (χ0) is 21.8. The summed E-state index contributed by atoms with van der Waals surface area (Å²) in [6.07, 6.45) is 3.94. The van der Waals surface area contributed by atoms with Crippen molar-refractivity contribution < 1.29 is 9.13 Å². The third-order valence-electron chi connectivity index (χ3n) is 4.91. The number of nitrogens with zero attached hydrogens (tertiary/aromatic N) is 3. The van der Waals surface area contributed by atoms with E-state index in [9.17, 15) is 4.39 Å².